The fraction of sp³-hybridized carbons (Fsp3) is 0.500. The lowest BCUT2D eigenvalue weighted by Gasteiger charge is -2.35. The van der Waals surface area contributed by atoms with Gasteiger partial charge in [0, 0.05) is 31.5 Å². The van der Waals surface area contributed by atoms with Crippen LogP contribution in [0.1, 0.15) is 17.3 Å². The number of anilines is 1. The van der Waals surface area contributed by atoms with Crippen molar-refractivity contribution in [3.63, 3.8) is 0 Å². The number of Topliss-reactive ketones (excluding diaryl/α,β-unsaturated/α-hetero) is 1. The van der Waals surface area contributed by atoms with Crippen LogP contribution in [0.3, 0.4) is 0 Å². The topological polar surface area (TPSA) is 38.8 Å². The first-order valence-electron chi connectivity index (χ1n) is 6.27. The molecule has 0 N–H and O–H groups in total. The van der Waals surface area contributed by atoms with Gasteiger partial charge in [0.2, 0.25) is 0 Å². The van der Waals surface area contributed by atoms with Crippen molar-refractivity contribution >= 4 is 11.5 Å². The van der Waals surface area contributed by atoms with Gasteiger partial charge in [0.25, 0.3) is 0 Å². The lowest BCUT2D eigenvalue weighted by atomic mass is 10.1. The van der Waals surface area contributed by atoms with Gasteiger partial charge >= 0.3 is 0 Å². The predicted molar refractivity (Wildman–Crippen MR) is 70.2 cm³/mol. The van der Waals surface area contributed by atoms with Gasteiger partial charge in [-0.3, -0.25) is 4.79 Å². The summed E-state index contributed by atoms with van der Waals surface area (Å²) in [6.07, 6.45) is -0.0244. The third-order valence-corrected chi connectivity index (χ3v) is 3.17. The summed E-state index contributed by atoms with van der Waals surface area (Å²) in [5.41, 5.74) is 1.18. The van der Waals surface area contributed by atoms with Crippen LogP contribution in [0.4, 0.5) is 10.1 Å². The molecule has 0 spiro atoms. The van der Waals surface area contributed by atoms with Gasteiger partial charge < -0.3 is 14.4 Å². The summed E-state index contributed by atoms with van der Waals surface area (Å²) >= 11 is 0. The molecule has 0 saturated carbocycles. The summed E-state index contributed by atoms with van der Waals surface area (Å²) in [6.45, 7) is 3.85. The Morgan fingerprint density at radius 2 is 2.37 bits per heavy atom. The van der Waals surface area contributed by atoms with E-state index in [0.29, 0.717) is 31.9 Å². The van der Waals surface area contributed by atoms with Gasteiger partial charge in [-0.2, -0.15) is 0 Å². The SMILES string of the molecule is COC[C@H]1CN(c2ccc(F)cc2C(C)=O)CCO1. The molecule has 104 valence electrons. The second-order valence-corrected chi connectivity index (χ2v) is 4.61. The van der Waals surface area contributed by atoms with Crippen LogP contribution in [0, 0.1) is 5.82 Å². The van der Waals surface area contributed by atoms with Gasteiger partial charge in [-0.1, -0.05) is 0 Å². The number of hydrogen-bond donors (Lipinski definition) is 0. The van der Waals surface area contributed by atoms with Gasteiger partial charge in [-0.15, -0.1) is 0 Å². The maximum absolute atomic E-state index is 13.3. The first kappa shape index (κ1) is 14.0. The first-order chi connectivity index (χ1) is 9.11. The van der Waals surface area contributed by atoms with E-state index in [0.717, 1.165) is 5.69 Å². The second kappa shape index (κ2) is 6.12. The monoisotopic (exact) mass is 267 g/mol. The number of carbonyl (C=O) groups is 1. The van der Waals surface area contributed by atoms with E-state index in [4.69, 9.17) is 9.47 Å². The molecule has 1 fully saturated rings. The van der Waals surface area contributed by atoms with Crippen LogP contribution >= 0.6 is 0 Å². The van der Waals surface area contributed by atoms with Crippen LogP contribution in [-0.4, -0.2) is 45.3 Å². The van der Waals surface area contributed by atoms with Gasteiger partial charge in [0.15, 0.2) is 5.78 Å². The molecule has 0 bridgehead atoms. The van der Waals surface area contributed by atoms with Gasteiger partial charge in [0.1, 0.15) is 5.82 Å². The Balaban J connectivity index is 2.23. The average molecular weight is 267 g/mol. The fourth-order valence-electron chi connectivity index (χ4n) is 2.29. The molecule has 0 unspecified atom stereocenters. The van der Waals surface area contributed by atoms with Crippen molar-refractivity contribution in [2.75, 3.05) is 38.3 Å². The quantitative estimate of drug-likeness (QED) is 0.781. The van der Waals surface area contributed by atoms with Crippen LogP contribution in [0.25, 0.3) is 0 Å². The van der Waals surface area contributed by atoms with Crippen molar-refractivity contribution in [3.8, 4) is 0 Å². The largest absolute Gasteiger partial charge is 0.382 e. The zero-order chi connectivity index (χ0) is 13.8. The molecule has 1 aromatic rings. The first-order valence-corrected chi connectivity index (χ1v) is 6.27. The summed E-state index contributed by atoms with van der Waals surface area (Å²) < 4.78 is 23.9. The summed E-state index contributed by atoms with van der Waals surface area (Å²) in [6, 6.07) is 4.32. The molecule has 1 saturated heterocycles. The molecular weight excluding hydrogens is 249 g/mol. The molecule has 1 aliphatic heterocycles. The van der Waals surface area contributed by atoms with Crippen LogP contribution in [0.5, 0.6) is 0 Å². The molecular formula is C14H18FNO3. The highest BCUT2D eigenvalue weighted by atomic mass is 19.1. The number of halogens is 1. The highest BCUT2D eigenvalue weighted by Gasteiger charge is 2.23. The molecule has 0 aliphatic carbocycles. The average Bonchev–Trinajstić information content (AvgIpc) is 2.39. The van der Waals surface area contributed by atoms with E-state index in [-0.39, 0.29) is 11.9 Å². The smallest absolute Gasteiger partial charge is 0.161 e. The molecule has 1 aliphatic rings. The van der Waals surface area contributed by atoms with E-state index in [2.05, 4.69) is 0 Å². The van der Waals surface area contributed by atoms with Crippen molar-refractivity contribution in [3.05, 3.63) is 29.6 Å². The van der Waals surface area contributed by atoms with E-state index >= 15 is 0 Å². The van der Waals surface area contributed by atoms with Crippen molar-refractivity contribution < 1.29 is 18.7 Å². The van der Waals surface area contributed by atoms with Crippen molar-refractivity contribution in [2.45, 2.75) is 13.0 Å². The highest BCUT2D eigenvalue weighted by Crippen LogP contribution is 2.24. The van der Waals surface area contributed by atoms with E-state index < -0.39 is 5.82 Å². The molecule has 0 aromatic heterocycles. The second-order valence-electron chi connectivity index (χ2n) is 4.61. The molecule has 2 rings (SSSR count). The third-order valence-electron chi connectivity index (χ3n) is 3.17. The molecule has 0 amide bonds. The van der Waals surface area contributed by atoms with Crippen LogP contribution in [-0.2, 0) is 9.47 Å². The zero-order valence-corrected chi connectivity index (χ0v) is 11.2. The molecule has 4 nitrogen and oxygen atoms in total. The van der Waals surface area contributed by atoms with E-state index in [9.17, 15) is 9.18 Å². The number of methoxy groups -OCH3 is 1. The minimum absolute atomic E-state index is 0.0244. The summed E-state index contributed by atoms with van der Waals surface area (Å²) in [4.78, 5) is 13.7. The fourth-order valence-corrected chi connectivity index (χ4v) is 2.29. The number of carbonyl (C=O) groups excluding carboxylic acids is 1. The lowest BCUT2D eigenvalue weighted by Crippen LogP contribution is -2.44. The molecule has 5 heteroatoms. The maximum Gasteiger partial charge on any atom is 0.161 e. The zero-order valence-electron chi connectivity index (χ0n) is 11.2. The number of rotatable bonds is 4. The standard InChI is InChI=1S/C14H18FNO3/c1-10(17)13-7-11(15)3-4-14(13)16-5-6-19-12(8-16)9-18-2/h3-4,7,12H,5-6,8-9H2,1-2H3/t12-/m1/s1. The number of benzene rings is 1. The Kier molecular flexibility index (Phi) is 4.50. The van der Waals surface area contributed by atoms with Crippen LogP contribution in [0.15, 0.2) is 18.2 Å². The Hall–Kier alpha value is -1.46. The predicted octanol–water partition coefficient (Wildman–Crippen LogP) is 1.88. The third kappa shape index (κ3) is 3.30. The molecule has 1 heterocycles. The van der Waals surface area contributed by atoms with Gasteiger partial charge in [-0.25, -0.2) is 4.39 Å². The molecule has 1 atom stereocenters. The van der Waals surface area contributed by atoms with Gasteiger partial charge in [-0.05, 0) is 25.1 Å². The van der Waals surface area contributed by atoms with Crippen LogP contribution in [0.2, 0.25) is 0 Å². The Labute approximate surface area is 112 Å². The number of ether oxygens (including phenoxy) is 2. The molecule has 0 radical (unpaired) electrons. The highest BCUT2D eigenvalue weighted by molar-refractivity contribution is 5.99. The Morgan fingerprint density at radius 1 is 1.58 bits per heavy atom. The van der Waals surface area contributed by atoms with E-state index in [1.54, 1.807) is 13.2 Å². The normalized spacial score (nSPS) is 19.5. The minimum atomic E-state index is -0.393. The summed E-state index contributed by atoms with van der Waals surface area (Å²) in [5, 5.41) is 0. The van der Waals surface area contributed by atoms with Crippen molar-refractivity contribution in [2.24, 2.45) is 0 Å². The summed E-state index contributed by atoms with van der Waals surface area (Å²) in [5.74, 6) is -0.528. The lowest BCUT2D eigenvalue weighted by molar-refractivity contribution is -0.0100. The van der Waals surface area contributed by atoms with E-state index in [1.165, 1.54) is 19.1 Å². The van der Waals surface area contributed by atoms with Crippen molar-refractivity contribution in [1.29, 1.82) is 0 Å². The van der Waals surface area contributed by atoms with Crippen LogP contribution < -0.4 is 4.90 Å². The van der Waals surface area contributed by atoms with E-state index in [1.807, 2.05) is 4.90 Å². The van der Waals surface area contributed by atoms with Gasteiger partial charge in [0.05, 0.1) is 19.3 Å². The minimum Gasteiger partial charge on any atom is -0.382 e. The van der Waals surface area contributed by atoms with Crippen molar-refractivity contribution in [1.82, 2.24) is 0 Å². The number of morpholine rings is 1. The number of hydrogen-bond acceptors (Lipinski definition) is 4. The molecule has 1 aromatic carbocycles. The Bertz CT molecular complexity index is 462. The summed E-state index contributed by atoms with van der Waals surface area (Å²) in [7, 11) is 1.63. The number of ketones is 1. The number of nitrogens with zero attached hydrogens (tertiary/aromatic N) is 1. The Morgan fingerprint density at radius 3 is 3.05 bits per heavy atom. The maximum atomic E-state index is 13.3. The molecule has 19 heavy (non-hydrogen) atoms.